The Hall–Kier alpha value is -5.73. The number of pyridine rings is 1. The SMILES string of the molecule is c1ccc2c(-c3c4ccccc4c(-c4ccc(-c5cn6ccccc6n5)c5ccccc45)c4ccccc34)cccc2c1. The van der Waals surface area contributed by atoms with Crippen molar-refractivity contribution in [1.29, 1.82) is 0 Å². The van der Waals surface area contributed by atoms with Gasteiger partial charge >= 0.3 is 0 Å². The zero-order valence-electron chi connectivity index (χ0n) is 23.4. The van der Waals surface area contributed by atoms with Gasteiger partial charge in [-0.25, -0.2) is 4.98 Å². The minimum Gasteiger partial charge on any atom is -0.306 e. The van der Waals surface area contributed by atoms with Gasteiger partial charge in [0.25, 0.3) is 0 Å². The number of nitrogens with zero attached hydrogens (tertiary/aromatic N) is 2. The van der Waals surface area contributed by atoms with Crippen molar-refractivity contribution in [2.75, 3.05) is 0 Å². The summed E-state index contributed by atoms with van der Waals surface area (Å²) >= 11 is 0. The number of imidazole rings is 1. The third-order valence-electron chi connectivity index (χ3n) is 8.82. The van der Waals surface area contributed by atoms with Crippen molar-refractivity contribution in [1.82, 2.24) is 9.38 Å². The Morgan fingerprint density at radius 2 is 0.860 bits per heavy atom. The minimum absolute atomic E-state index is 0.951. The van der Waals surface area contributed by atoms with E-state index in [-0.39, 0.29) is 0 Å². The van der Waals surface area contributed by atoms with E-state index in [4.69, 9.17) is 4.98 Å². The fourth-order valence-electron chi connectivity index (χ4n) is 6.96. The van der Waals surface area contributed by atoms with Gasteiger partial charge in [-0.05, 0) is 77.5 Å². The van der Waals surface area contributed by atoms with E-state index in [0.29, 0.717) is 0 Å². The van der Waals surface area contributed by atoms with E-state index in [1.54, 1.807) is 0 Å². The molecule has 0 aliphatic rings. The zero-order valence-corrected chi connectivity index (χ0v) is 23.4. The van der Waals surface area contributed by atoms with Crippen LogP contribution >= 0.6 is 0 Å². The predicted molar refractivity (Wildman–Crippen MR) is 182 cm³/mol. The van der Waals surface area contributed by atoms with E-state index in [2.05, 4.69) is 150 Å². The van der Waals surface area contributed by atoms with Crippen LogP contribution in [0.1, 0.15) is 0 Å². The molecule has 0 unspecified atom stereocenters. The molecule has 0 aliphatic heterocycles. The normalized spacial score (nSPS) is 11.7. The molecule has 0 amide bonds. The number of hydrogen-bond acceptors (Lipinski definition) is 1. The van der Waals surface area contributed by atoms with Crippen molar-refractivity contribution in [2.45, 2.75) is 0 Å². The molecule has 0 spiro atoms. The summed E-state index contributed by atoms with van der Waals surface area (Å²) in [6.07, 6.45) is 4.18. The lowest BCUT2D eigenvalue weighted by atomic mass is 9.83. The van der Waals surface area contributed by atoms with Crippen molar-refractivity contribution < 1.29 is 0 Å². The minimum atomic E-state index is 0.951. The fourth-order valence-corrected chi connectivity index (χ4v) is 6.96. The number of rotatable bonds is 3. The Labute approximate surface area is 249 Å². The Morgan fingerprint density at radius 1 is 0.372 bits per heavy atom. The van der Waals surface area contributed by atoms with Gasteiger partial charge in [-0.15, -0.1) is 0 Å². The number of fused-ring (bicyclic) bond motifs is 5. The predicted octanol–water partition coefficient (Wildman–Crippen LogP) is 10.9. The summed E-state index contributed by atoms with van der Waals surface area (Å²) in [7, 11) is 0. The van der Waals surface area contributed by atoms with Crippen LogP contribution in [-0.2, 0) is 0 Å². The monoisotopic (exact) mass is 546 g/mol. The Bertz CT molecular complexity index is 2420. The number of benzene rings is 7. The number of hydrogen-bond donors (Lipinski definition) is 0. The van der Waals surface area contributed by atoms with E-state index in [0.717, 1.165) is 16.9 Å². The highest BCUT2D eigenvalue weighted by Crippen LogP contribution is 2.47. The molecular formula is C41H26N2. The van der Waals surface area contributed by atoms with E-state index in [9.17, 15) is 0 Å². The molecule has 0 bridgehead atoms. The van der Waals surface area contributed by atoms with Gasteiger partial charge in [-0.3, -0.25) is 0 Å². The lowest BCUT2D eigenvalue weighted by molar-refractivity contribution is 1.19. The molecule has 43 heavy (non-hydrogen) atoms. The molecule has 2 aromatic heterocycles. The summed E-state index contributed by atoms with van der Waals surface area (Å²) in [5, 5.41) is 10.0. The first-order chi connectivity index (χ1) is 21.3. The van der Waals surface area contributed by atoms with Crippen LogP contribution in [0.3, 0.4) is 0 Å². The molecule has 0 atom stereocenters. The molecule has 0 N–H and O–H groups in total. The summed E-state index contributed by atoms with van der Waals surface area (Å²) < 4.78 is 2.09. The maximum Gasteiger partial charge on any atom is 0.137 e. The van der Waals surface area contributed by atoms with Crippen molar-refractivity contribution in [3.05, 3.63) is 158 Å². The standard InChI is InChI=1S/C41H26N2/c1-2-14-28-27(12-1)13-11-21-32(28)40-33-17-5-7-19-35(33)41(36-20-8-6-18-34(36)40)37-24-23-31(29-15-3-4-16-30(29)37)38-26-43-25-10-9-22-39(43)42-38/h1-26H. The van der Waals surface area contributed by atoms with Crippen LogP contribution in [0, 0.1) is 0 Å². The van der Waals surface area contributed by atoms with E-state index in [1.165, 1.54) is 65.3 Å². The molecule has 200 valence electrons. The largest absolute Gasteiger partial charge is 0.306 e. The van der Waals surface area contributed by atoms with Gasteiger partial charge in [-0.1, -0.05) is 133 Å². The fraction of sp³-hybridized carbons (Fsp3) is 0. The maximum absolute atomic E-state index is 4.97. The molecule has 7 aromatic carbocycles. The molecular weight excluding hydrogens is 520 g/mol. The van der Waals surface area contributed by atoms with E-state index in [1.807, 2.05) is 12.1 Å². The van der Waals surface area contributed by atoms with Gasteiger partial charge in [0.15, 0.2) is 0 Å². The first-order valence-electron chi connectivity index (χ1n) is 14.7. The number of aromatic nitrogens is 2. The van der Waals surface area contributed by atoms with Crippen molar-refractivity contribution in [2.24, 2.45) is 0 Å². The van der Waals surface area contributed by atoms with Gasteiger partial charge in [0.2, 0.25) is 0 Å². The third-order valence-corrected chi connectivity index (χ3v) is 8.82. The molecule has 2 heterocycles. The molecule has 9 aromatic rings. The van der Waals surface area contributed by atoms with Crippen LogP contribution < -0.4 is 0 Å². The topological polar surface area (TPSA) is 17.3 Å². The lowest BCUT2D eigenvalue weighted by Crippen LogP contribution is -1.93. The molecule has 9 rings (SSSR count). The highest BCUT2D eigenvalue weighted by molar-refractivity contribution is 6.25. The second-order valence-electron chi connectivity index (χ2n) is 11.2. The van der Waals surface area contributed by atoms with Gasteiger partial charge < -0.3 is 4.40 Å². The van der Waals surface area contributed by atoms with E-state index >= 15 is 0 Å². The average molecular weight is 547 g/mol. The van der Waals surface area contributed by atoms with E-state index < -0.39 is 0 Å². The Morgan fingerprint density at radius 3 is 1.51 bits per heavy atom. The molecule has 2 nitrogen and oxygen atoms in total. The lowest BCUT2D eigenvalue weighted by Gasteiger charge is -2.20. The van der Waals surface area contributed by atoms with Crippen molar-refractivity contribution in [3.63, 3.8) is 0 Å². The first kappa shape index (κ1) is 23.9. The van der Waals surface area contributed by atoms with Crippen molar-refractivity contribution >= 4 is 48.7 Å². The van der Waals surface area contributed by atoms with Gasteiger partial charge in [0.1, 0.15) is 5.65 Å². The average Bonchev–Trinajstić information content (AvgIpc) is 3.51. The molecule has 0 radical (unpaired) electrons. The highest BCUT2D eigenvalue weighted by atomic mass is 15.0. The smallest absolute Gasteiger partial charge is 0.137 e. The van der Waals surface area contributed by atoms with Gasteiger partial charge in [0, 0.05) is 18.0 Å². The summed E-state index contributed by atoms with van der Waals surface area (Å²) in [5.41, 5.74) is 8.14. The zero-order chi connectivity index (χ0) is 28.3. The van der Waals surface area contributed by atoms with Crippen LogP contribution in [0.2, 0.25) is 0 Å². The molecule has 0 saturated carbocycles. The van der Waals surface area contributed by atoms with Crippen LogP contribution in [0.15, 0.2) is 158 Å². The quantitative estimate of drug-likeness (QED) is 0.201. The second-order valence-corrected chi connectivity index (χ2v) is 11.2. The summed E-state index contributed by atoms with van der Waals surface area (Å²) in [5.74, 6) is 0. The van der Waals surface area contributed by atoms with Crippen molar-refractivity contribution in [3.8, 4) is 33.5 Å². The summed E-state index contributed by atoms with van der Waals surface area (Å²) in [6, 6.07) is 52.6. The maximum atomic E-state index is 4.97. The summed E-state index contributed by atoms with van der Waals surface area (Å²) in [4.78, 5) is 4.97. The highest BCUT2D eigenvalue weighted by Gasteiger charge is 2.20. The summed E-state index contributed by atoms with van der Waals surface area (Å²) in [6.45, 7) is 0. The Balaban J connectivity index is 1.38. The van der Waals surface area contributed by atoms with Gasteiger partial charge in [-0.2, -0.15) is 0 Å². The van der Waals surface area contributed by atoms with Crippen LogP contribution in [-0.4, -0.2) is 9.38 Å². The second kappa shape index (κ2) is 9.40. The Kier molecular flexibility index (Phi) is 5.23. The van der Waals surface area contributed by atoms with Crippen LogP contribution in [0.5, 0.6) is 0 Å². The molecule has 0 saturated heterocycles. The molecule has 0 aliphatic carbocycles. The third kappa shape index (κ3) is 3.63. The van der Waals surface area contributed by atoms with Crippen LogP contribution in [0.4, 0.5) is 0 Å². The molecule has 2 heteroatoms. The van der Waals surface area contributed by atoms with Gasteiger partial charge in [0.05, 0.1) is 5.69 Å². The first-order valence-corrected chi connectivity index (χ1v) is 14.7. The molecule has 0 fully saturated rings. The van der Waals surface area contributed by atoms with Crippen LogP contribution in [0.25, 0.3) is 82.2 Å².